The molecule has 0 bridgehead atoms. The van der Waals surface area contributed by atoms with Crippen LogP contribution in [0.4, 0.5) is 0 Å². The van der Waals surface area contributed by atoms with Crippen molar-refractivity contribution in [2.75, 3.05) is 0 Å². The molecule has 0 fully saturated rings. The number of hydrogen-bond donors (Lipinski definition) is 1. The van der Waals surface area contributed by atoms with E-state index < -0.39 is 0 Å². The van der Waals surface area contributed by atoms with Gasteiger partial charge in [-0.1, -0.05) is 6.92 Å². The lowest BCUT2D eigenvalue weighted by atomic mass is 10.2. The van der Waals surface area contributed by atoms with Gasteiger partial charge in [-0.05, 0) is 26.3 Å². The second kappa shape index (κ2) is 3.72. The molecule has 68 valence electrons. The van der Waals surface area contributed by atoms with E-state index in [-0.39, 0.29) is 6.04 Å². The maximum Gasteiger partial charge on any atom is 0.0597 e. The fourth-order valence-corrected chi connectivity index (χ4v) is 1.32. The standard InChI is InChI=1S/C9H17N3/c1-4-5-12-9(8(3)10)6-7(2)11-12/h6,8H,4-5,10H2,1-3H3/t8-/m0/s1. The molecule has 0 saturated heterocycles. The molecule has 1 aromatic heterocycles. The summed E-state index contributed by atoms with van der Waals surface area (Å²) in [6.45, 7) is 7.09. The van der Waals surface area contributed by atoms with Crippen molar-refractivity contribution >= 4 is 0 Å². The van der Waals surface area contributed by atoms with Crippen LogP contribution in [0.15, 0.2) is 6.07 Å². The Morgan fingerprint density at radius 1 is 1.67 bits per heavy atom. The van der Waals surface area contributed by atoms with E-state index in [4.69, 9.17) is 5.73 Å². The SMILES string of the molecule is CCCn1nc(C)cc1[C@H](C)N. The first-order valence-corrected chi connectivity index (χ1v) is 4.45. The average molecular weight is 167 g/mol. The second-order valence-electron chi connectivity index (χ2n) is 3.22. The first kappa shape index (κ1) is 9.26. The Morgan fingerprint density at radius 3 is 2.83 bits per heavy atom. The normalized spacial score (nSPS) is 13.3. The molecule has 1 aromatic rings. The molecule has 0 aliphatic rings. The molecule has 0 amide bonds. The fraction of sp³-hybridized carbons (Fsp3) is 0.667. The molecular weight excluding hydrogens is 150 g/mol. The maximum absolute atomic E-state index is 5.80. The number of rotatable bonds is 3. The summed E-state index contributed by atoms with van der Waals surface area (Å²) in [6, 6.07) is 2.14. The van der Waals surface area contributed by atoms with Gasteiger partial charge in [-0.25, -0.2) is 0 Å². The van der Waals surface area contributed by atoms with Gasteiger partial charge in [-0.3, -0.25) is 4.68 Å². The zero-order valence-electron chi connectivity index (χ0n) is 8.04. The Kier molecular flexibility index (Phi) is 2.87. The fourth-order valence-electron chi connectivity index (χ4n) is 1.32. The van der Waals surface area contributed by atoms with Crippen molar-refractivity contribution in [1.82, 2.24) is 9.78 Å². The third kappa shape index (κ3) is 1.85. The van der Waals surface area contributed by atoms with Gasteiger partial charge in [-0.15, -0.1) is 0 Å². The molecule has 0 spiro atoms. The Labute approximate surface area is 73.6 Å². The van der Waals surface area contributed by atoms with Crippen LogP contribution in [-0.4, -0.2) is 9.78 Å². The van der Waals surface area contributed by atoms with Crippen LogP contribution < -0.4 is 5.73 Å². The van der Waals surface area contributed by atoms with Crippen LogP contribution in [0.1, 0.15) is 37.7 Å². The number of nitrogens with two attached hydrogens (primary N) is 1. The third-order valence-corrected chi connectivity index (χ3v) is 1.84. The molecule has 0 saturated carbocycles. The van der Waals surface area contributed by atoms with Crippen molar-refractivity contribution in [3.8, 4) is 0 Å². The topological polar surface area (TPSA) is 43.8 Å². The van der Waals surface area contributed by atoms with Crippen LogP contribution in [0.5, 0.6) is 0 Å². The largest absolute Gasteiger partial charge is 0.323 e. The molecule has 0 radical (unpaired) electrons. The lowest BCUT2D eigenvalue weighted by Crippen LogP contribution is -2.13. The van der Waals surface area contributed by atoms with Gasteiger partial charge in [0.2, 0.25) is 0 Å². The van der Waals surface area contributed by atoms with E-state index in [1.54, 1.807) is 0 Å². The summed E-state index contributed by atoms with van der Waals surface area (Å²) in [4.78, 5) is 0. The van der Waals surface area contributed by atoms with Gasteiger partial charge in [0.1, 0.15) is 0 Å². The number of nitrogens with zero attached hydrogens (tertiary/aromatic N) is 2. The highest BCUT2D eigenvalue weighted by Gasteiger charge is 2.07. The minimum absolute atomic E-state index is 0.0812. The van der Waals surface area contributed by atoms with E-state index in [9.17, 15) is 0 Å². The van der Waals surface area contributed by atoms with Gasteiger partial charge in [0.05, 0.1) is 11.4 Å². The van der Waals surface area contributed by atoms with E-state index in [0.29, 0.717) is 0 Å². The van der Waals surface area contributed by atoms with Gasteiger partial charge >= 0.3 is 0 Å². The minimum Gasteiger partial charge on any atom is -0.323 e. The smallest absolute Gasteiger partial charge is 0.0597 e. The van der Waals surface area contributed by atoms with Crippen molar-refractivity contribution in [2.45, 2.75) is 39.8 Å². The molecule has 1 atom stereocenters. The quantitative estimate of drug-likeness (QED) is 0.743. The van der Waals surface area contributed by atoms with E-state index in [2.05, 4.69) is 18.1 Å². The number of hydrogen-bond acceptors (Lipinski definition) is 2. The third-order valence-electron chi connectivity index (χ3n) is 1.84. The second-order valence-corrected chi connectivity index (χ2v) is 3.22. The lowest BCUT2D eigenvalue weighted by Gasteiger charge is -2.07. The lowest BCUT2D eigenvalue weighted by molar-refractivity contribution is 0.549. The summed E-state index contributed by atoms with van der Waals surface area (Å²) in [5.74, 6) is 0. The van der Waals surface area contributed by atoms with Gasteiger partial charge < -0.3 is 5.73 Å². The van der Waals surface area contributed by atoms with Gasteiger partial charge in [0, 0.05) is 12.6 Å². The predicted octanol–water partition coefficient (Wildman–Crippen LogP) is 1.62. The molecule has 1 heterocycles. The van der Waals surface area contributed by atoms with Crippen molar-refractivity contribution in [1.29, 1.82) is 0 Å². The molecule has 0 aliphatic carbocycles. The van der Waals surface area contributed by atoms with Crippen molar-refractivity contribution in [3.05, 3.63) is 17.5 Å². The van der Waals surface area contributed by atoms with Crippen LogP contribution in [0.25, 0.3) is 0 Å². The Morgan fingerprint density at radius 2 is 2.33 bits per heavy atom. The summed E-state index contributed by atoms with van der Waals surface area (Å²) >= 11 is 0. The first-order valence-electron chi connectivity index (χ1n) is 4.45. The average Bonchev–Trinajstić information content (AvgIpc) is 2.32. The molecule has 0 aromatic carbocycles. The van der Waals surface area contributed by atoms with Crippen molar-refractivity contribution < 1.29 is 0 Å². The first-order chi connectivity index (χ1) is 5.65. The number of aromatic nitrogens is 2. The molecular formula is C9H17N3. The zero-order chi connectivity index (χ0) is 9.14. The van der Waals surface area contributed by atoms with E-state index in [1.807, 2.05) is 18.5 Å². The van der Waals surface area contributed by atoms with Crippen LogP contribution in [0, 0.1) is 6.92 Å². The summed E-state index contributed by atoms with van der Waals surface area (Å²) in [6.07, 6.45) is 1.10. The van der Waals surface area contributed by atoms with Gasteiger partial charge in [-0.2, -0.15) is 5.10 Å². The van der Waals surface area contributed by atoms with Crippen LogP contribution in [-0.2, 0) is 6.54 Å². The highest BCUT2D eigenvalue weighted by atomic mass is 15.3. The molecule has 3 heteroatoms. The van der Waals surface area contributed by atoms with Crippen molar-refractivity contribution in [3.63, 3.8) is 0 Å². The number of aryl methyl sites for hydroxylation is 2. The Bertz CT molecular complexity index is 250. The molecule has 0 unspecified atom stereocenters. The van der Waals surface area contributed by atoms with Crippen LogP contribution in [0.3, 0.4) is 0 Å². The van der Waals surface area contributed by atoms with Crippen LogP contribution in [0.2, 0.25) is 0 Å². The monoisotopic (exact) mass is 167 g/mol. The summed E-state index contributed by atoms with van der Waals surface area (Å²) < 4.78 is 2.00. The van der Waals surface area contributed by atoms with Crippen LogP contribution >= 0.6 is 0 Å². The summed E-state index contributed by atoms with van der Waals surface area (Å²) in [5, 5.41) is 4.36. The molecule has 0 aliphatic heterocycles. The zero-order valence-corrected chi connectivity index (χ0v) is 8.04. The molecule has 2 N–H and O–H groups in total. The Balaban J connectivity index is 2.92. The summed E-state index contributed by atoms with van der Waals surface area (Å²) in [5.41, 5.74) is 7.98. The van der Waals surface area contributed by atoms with Gasteiger partial charge in [0.15, 0.2) is 0 Å². The highest BCUT2D eigenvalue weighted by Crippen LogP contribution is 2.11. The minimum atomic E-state index is 0.0812. The Hall–Kier alpha value is -0.830. The molecule has 3 nitrogen and oxygen atoms in total. The van der Waals surface area contributed by atoms with E-state index in [1.165, 1.54) is 0 Å². The highest BCUT2D eigenvalue weighted by molar-refractivity contribution is 5.11. The molecule has 1 rings (SSSR count). The van der Waals surface area contributed by atoms with E-state index in [0.717, 1.165) is 24.4 Å². The molecule has 12 heavy (non-hydrogen) atoms. The maximum atomic E-state index is 5.80. The predicted molar refractivity (Wildman–Crippen MR) is 49.9 cm³/mol. The van der Waals surface area contributed by atoms with Gasteiger partial charge in [0.25, 0.3) is 0 Å². The van der Waals surface area contributed by atoms with E-state index >= 15 is 0 Å². The van der Waals surface area contributed by atoms with Crippen molar-refractivity contribution in [2.24, 2.45) is 5.73 Å². The summed E-state index contributed by atoms with van der Waals surface area (Å²) in [7, 11) is 0.